The Morgan fingerprint density at radius 2 is 2.00 bits per heavy atom. The van der Waals surface area contributed by atoms with Gasteiger partial charge in [-0.3, -0.25) is 9.59 Å². The van der Waals surface area contributed by atoms with Crippen LogP contribution in [0.2, 0.25) is 0 Å². The van der Waals surface area contributed by atoms with Gasteiger partial charge in [-0.2, -0.15) is 20.5 Å². The van der Waals surface area contributed by atoms with Crippen molar-refractivity contribution >= 4 is 16.9 Å². The topological polar surface area (TPSA) is 115 Å². The Hall–Kier alpha value is -3.07. The highest BCUT2D eigenvalue weighted by molar-refractivity contribution is 5.97. The number of benzene rings is 1. The SMILES string of the molecule is O=C(NC1COCC1n1nc2c(cc1=O)CCCC2)c1ccc2n[nH]nc2c1. The predicted octanol–water partition coefficient (Wildman–Crippen LogP) is 0.763. The third kappa shape index (κ3) is 2.97. The first-order valence-electron chi connectivity index (χ1n) is 9.50. The largest absolute Gasteiger partial charge is 0.377 e. The second kappa shape index (κ2) is 6.83. The summed E-state index contributed by atoms with van der Waals surface area (Å²) in [5, 5.41) is 18.1. The van der Waals surface area contributed by atoms with Gasteiger partial charge in [0.15, 0.2) is 0 Å². The number of hydrogen-bond acceptors (Lipinski definition) is 6. The fraction of sp³-hybridized carbons (Fsp3) is 0.421. The number of hydrogen-bond donors (Lipinski definition) is 2. The van der Waals surface area contributed by atoms with E-state index in [0.717, 1.165) is 36.9 Å². The van der Waals surface area contributed by atoms with Crippen molar-refractivity contribution in [2.75, 3.05) is 13.2 Å². The zero-order chi connectivity index (χ0) is 19.1. The van der Waals surface area contributed by atoms with E-state index in [1.54, 1.807) is 24.3 Å². The van der Waals surface area contributed by atoms with Crippen molar-refractivity contribution in [2.45, 2.75) is 37.8 Å². The first-order valence-corrected chi connectivity index (χ1v) is 9.50. The molecule has 0 saturated carbocycles. The van der Waals surface area contributed by atoms with Crippen LogP contribution in [0.5, 0.6) is 0 Å². The number of rotatable bonds is 3. The molecular weight excluding hydrogens is 360 g/mol. The maximum absolute atomic E-state index is 12.7. The van der Waals surface area contributed by atoms with Crippen molar-refractivity contribution in [2.24, 2.45) is 0 Å². The molecular formula is C19H20N6O3. The number of carbonyl (C=O) groups excluding carboxylic acids is 1. The van der Waals surface area contributed by atoms with E-state index in [0.29, 0.717) is 29.8 Å². The van der Waals surface area contributed by atoms with E-state index in [1.807, 2.05) is 0 Å². The molecule has 9 heteroatoms. The van der Waals surface area contributed by atoms with Crippen LogP contribution in [0, 0.1) is 0 Å². The number of H-pyrrole nitrogens is 1. The normalized spacial score (nSPS) is 21.6. The molecule has 2 N–H and O–H groups in total. The van der Waals surface area contributed by atoms with E-state index in [9.17, 15) is 9.59 Å². The summed E-state index contributed by atoms with van der Waals surface area (Å²) in [7, 11) is 0. The molecule has 9 nitrogen and oxygen atoms in total. The van der Waals surface area contributed by atoms with Crippen LogP contribution in [-0.4, -0.2) is 50.4 Å². The van der Waals surface area contributed by atoms with Crippen LogP contribution < -0.4 is 10.9 Å². The van der Waals surface area contributed by atoms with Gasteiger partial charge in [0, 0.05) is 11.6 Å². The van der Waals surface area contributed by atoms with Gasteiger partial charge in [-0.05, 0) is 49.4 Å². The van der Waals surface area contributed by atoms with Crippen molar-refractivity contribution in [3.05, 3.63) is 51.4 Å². The van der Waals surface area contributed by atoms with E-state index in [1.165, 1.54) is 4.68 Å². The summed E-state index contributed by atoms with van der Waals surface area (Å²) in [6.45, 7) is 0.687. The number of aromatic nitrogens is 5. The van der Waals surface area contributed by atoms with E-state index in [-0.39, 0.29) is 23.6 Å². The highest BCUT2D eigenvalue weighted by Gasteiger charge is 2.33. The Labute approximate surface area is 160 Å². The van der Waals surface area contributed by atoms with Gasteiger partial charge in [-0.25, -0.2) is 4.68 Å². The number of nitrogens with one attached hydrogen (secondary N) is 2. The zero-order valence-electron chi connectivity index (χ0n) is 15.2. The van der Waals surface area contributed by atoms with Crippen molar-refractivity contribution in [3.63, 3.8) is 0 Å². The lowest BCUT2D eigenvalue weighted by molar-refractivity contribution is 0.0924. The molecule has 0 spiro atoms. The van der Waals surface area contributed by atoms with E-state index in [2.05, 4.69) is 25.8 Å². The van der Waals surface area contributed by atoms with Gasteiger partial charge >= 0.3 is 0 Å². The molecule has 1 aliphatic heterocycles. The highest BCUT2D eigenvalue weighted by Crippen LogP contribution is 2.22. The van der Waals surface area contributed by atoms with Crippen LogP contribution in [0.3, 0.4) is 0 Å². The molecule has 3 aromatic rings. The van der Waals surface area contributed by atoms with Gasteiger partial charge in [0.05, 0.1) is 24.9 Å². The minimum Gasteiger partial charge on any atom is -0.377 e. The fourth-order valence-electron chi connectivity index (χ4n) is 3.97. The van der Waals surface area contributed by atoms with Crippen molar-refractivity contribution in [3.8, 4) is 0 Å². The third-order valence-corrected chi connectivity index (χ3v) is 5.49. The fourth-order valence-corrected chi connectivity index (χ4v) is 3.97. The molecule has 2 atom stereocenters. The Balaban J connectivity index is 1.39. The summed E-state index contributed by atoms with van der Waals surface area (Å²) >= 11 is 0. The number of fused-ring (bicyclic) bond motifs is 2. The maximum atomic E-state index is 12.7. The summed E-state index contributed by atoms with van der Waals surface area (Å²) in [5.41, 5.74) is 3.70. The van der Waals surface area contributed by atoms with Gasteiger partial charge in [-0.1, -0.05) is 0 Å². The Kier molecular flexibility index (Phi) is 4.16. The molecule has 1 aliphatic carbocycles. The standard InChI is InChI=1S/C19H20N6O3/c26-18-8-11-3-1-2-4-13(11)23-25(18)17-10-28-9-16(17)20-19(27)12-5-6-14-15(7-12)22-24-21-14/h5-8,16-17H,1-4,9-10H2,(H,20,27)(H,21,22,24). The molecule has 1 aromatic carbocycles. The minimum atomic E-state index is -0.327. The van der Waals surface area contributed by atoms with Crippen molar-refractivity contribution < 1.29 is 9.53 Å². The van der Waals surface area contributed by atoms with Gasteiger partial charge in [0.25, 0.3) is 11.5 Å². The lowest BCUT2D eigenvalue weighted by Crippen LogP contribution is -2.44. The average Bonchev–Trinajstić information content (AvgIpc) is 3.36. The van der Waals surface area contributed by atoms with Crippen molar-refractivity contribution in [1.29, 1.82) is 0 Å². The Bertz CT molecular complexity index is 1100. The van der Waals surface area contributed by atoms with Gasteiger partial charge in [0.1, 0.15) is 17.1 Å². The minimum absolute atomic E-state index is 0.139. The van der Waals surface area contributed by atoms with Crippen LogP contribution in [0.25, 0.3) is 11.0 Å². The number of nitrogens with zero attached hydrogens (tertiary/aromatic N) is 4. The summed E-state index contributed by atoms with van der Waals surface area (Å²) in [4.78, 5) is 25.3. The van der Waals surface area contributed by atoms with Crippen LogP contribution in [0.4, 0.5) is 0 Å². The summed E-state index contributed by atoms with van der Waals surface area (Å²) < 4.78 is 7.07. The second-order valence-corrected chi connectivity index (χ2v) is 7.32. The maximum Gasteiger partial charge on any atom is 0.267 e. The van der Waals surface area contributed by atoms with Gasteiger partial charge in [-0.15, -0.1) is 0 Å². The lowest BCUT2D eigenvalue weighted by Gasteiger charge is -2.23. The molecule has 0 radical (unpaired) electrons. The number of ether oxygens (including phenoxy) is 1. The van der Waals surface area contributed by atoms with Gasteiger partial charge < -0.3 is 10.1 Å². The molecule has 1 amide bonds. The second-order valence-electron chi connectivity index (χ2n) is 7.32. The smallest absolute Gasteiger partial charge is 0.267 e. The summed E-state index contributed by atoms with van der Waals surface area (Å²) in [6.07, 6.45) is 3.98. The predicted molar refractivity (Wildman–Crippen MR) is 100 cm³/mol. The first-order chi connectivity index (χ1) is 13.7. The molecule has 2 aliphatic rings. The first kappa shape index (κ1) is 17.1. The number of aromatic amines is 1. The zero-order valence-corrected chi connectivity index (χ0v) is 15.2. The summed E-state index contributed by atoms with van der Waals surface area (Å²) in [6, 6.07) is 6.17. The third-order valence-electron chi connectivity index (χ3n) is 5.49. The highest BCUT2D eigenvalue weighted by atomic mass is 16.5. The monoisotopic (exact) mass is 380 g/mol. The molecule has 0 bridgehead atoms. The van der Waals surface area contributed by atoms with E-state index in [4.69, 9.17) is 4.74 Å². The molecule has 28 heavy (non-hydrogen) atoms. The number of amides is 1. The van der Waals surface area contributed by atoms with Crippen LogP contribution >= 0.6 is 0 Å². The average molecular weight is 380 g/mol. The lowest BCUT2D eigenvalue weighted by atomic mass is 9.97. The molecule has 1 fully saturated rings. The number of carbonyl (C=O) groups is 1. The quantitative estimate of drug-likeness (QED) is 0.693. The summed E-state index contributed by atoms with van der Waals surface area (Å²) in [5.74, 6) is -0.239. The molecule has 1 saturated heterocycles. The molecule has 144 valence electrons. The molecule has 2 aromatic heterocycles. The molecule has 2 unspecified atom stereocenters. The molecule has 5 rings (SSSR count). The Morgan fingerprint density at radius 1 is 1.14 bits per heavy atom. The van der Waals surface area contributed by atoms with Crippen LogP contribution in [-0.2, 0) is 17.6 Å². The Morgan fingerprint density at radius 3 is 2.93 bits per heavy atom. The van der Waals surface area contributed by atoms with Crippen LogP contribution in [0.1, 0.15) is 40.5 Å². The molecule has 3 heterocycles. The number of aryl methyl sites for hydroxylation is 2. The van der Waals surface area contributed by atoms with E-state index >= 15 is 0 Å². The van der Waals surface area contributed by atoms with Crippen molar-refractivity contribution in [1.82, 2.24) is 30.5 Å². The van der Waals surface area contributed by atoms with E-state index < -0.39 is 0 Å². The van der Waals surface area contributed by atoms with Gasteiger partial charge in [0.2, 0.25) is 0 Å². The van der Waals surface area contributed by atoms with Crippen LogP contribution in [0.15, 0.2) is 29.1 Å².